The lowest BCUT2D eigenvalue weighted by molar-refractivity contribution is -0.138. The lowest BCUT2D eigenvalue weighted by atomic mass is 10.2. The number of nitrogens with two attached hydrogens (primary N) is 1. The van der Waals surface area contributed by atoms with E-state index in [4.69, 9.17) is 15.2 Å². The number of hydrogen-bond donors (Lipinski definition) is 2. The molecule has 0 radical (unpaired) electrons. The van der Waals surface area contributed by atoms with Gasteiger partial charge in [0, 0.05) is 13.2 Å². The number of nitrogens with one attached hydrogen (secondary N) is 1. The van der Waals surface area contributed by atoms with Gasteiger partial charge < -0.3 is 20.5 Å². The predicted octanol–water partition coefficient (Wildman–Crippen LogP) is 2.64. The van der Waals surface area contributed by atoms with E-state index in [1.54, 1.807) is 7.11 Å². The maximum Gasteiger partial charge on any atom is 0.419 e. The van der Waals surface area contributed by atoms with E-state index in [-0.39, 0.29) is 54.9 Å². The molecule has 0 aliphatic heterocycles. The Labute approximate surface area is 150 Å². The number of rotatable bonds is 7. The van der Waals surface area contributed by atoms with Gasteiger partial charge in [-0.1, -0.05) is 12.1 Å². The summed E-state index contributed by atoms with van der Waals surface area (Å²) in [5.74, 6) is -0.0262. The number of halogens is 4. The molecule has 9 heteroatoms. The van der Waals surface area contributed by atoms with Gasteiger partial charge in [0.2, 0.25) is 0 Å². The van der Waals surface area contributed by atoms with Crippen molar-refractivity contribution in [2.24, 2.45) is 10.7 Å². The Kier molecular flexibility index (Phi) is 9.96. The van der Waals surface area contributed by atoms with Crippen LogP contribution in [0.2, 0.25) is 0 Å². The third-order valence-electron chi connectivity index (χ3n) is 2.63. The normalized spacial score (nSPS) is 13.2. The Morgan fingerprint density at radius 3 is 2.61 bits per heavy atom. The summed E-state index contributed by atoms with van der Waals surface area (Å²) >= 11 is 0. The van der Waals surface area contributed by atoms with Crippen molar-refractivity contribution in [2.45, 2.75) is 19.1 Å². The molecular weight excluding hydrogens is 426 g/mol. The summed E-state index contributed by atoms with van der Waals surface area (Å²) < 4.78 is 48.3. The van der Waals surface area contributed by atoms with E-state index in [9.17, 15) is 13.2 Å². The average Bonchev–Trinajstić information content (AvgIpc) is 2.43. The van der Waals surface area contributed by atoms with Gasteiger partial charge in [-0.05, 0) is 19.1 Å². The second-order valence-corrected chi connectivity index (χ2v) is 4.61. The van der Waals surface area contributed by atoms with Crippen molar-refractivity contribution >= 4 is 29.9 Å². The van der Waals surface area contributed by atoms with Crippen LogP contribution in [-0.4, -0.2) is 38.9 Å². The molecule has 1 aromatic rings. The second-order valence-electron chi connectivity index (χ2n) is 4.61. The van der Waals surface area contributed by atoms with Crippen LogP contribution in [0, 0.1) is 0 Å². The minimum absolute atomic E-state index is 0. The van der Waals surface area contributed by atoms with Crippen molar-refractivity contribution in [3.63, 3.8) is 0 Å². The summed E-state index contributed by atoms with van der Waals surface area (Å²) in [7, 11) is 1.57. The van der Waals surface area contributed by atoms with Crippen LogP contribution in [-0.2, 0) is 10.9 Å². The first-order valence-electron chi connectivity index (χ1n) is 6.69. The molecule has 0 fully saturated rings. The molecule has 1 rings (SSSR count). The molecule has 1 unspecified atom stereocenters. The molecule has 0 heterocycles. The number of para-hydroxylation sites is 1. The smallest absolute Gasteiger partial charge is 0.419 e. The summed E-state index contributed by atoms with van der Waals surface area (Å²) in [6, 6.07) is 5.03. The highest BCUT2D eigenvalue weighted by Crippen LogP contribution is 2.35. The highest BCUT2D eigenvalue weighted by atomic mass is 127. The molecule has 0 aromatic heterocycles. The molecule has 23 heavy (non-hydrogen) atoms. The molecule has 0 saturated heterocycles. The highest BCUT2D eigenvalue weighted by Gasteiger charge is 2.33. The van der Waals surface area contributed by atoms with Crippen LogP contribution >= 0.6 is 24.0 Å². The van der Waals surface area contributed by atoms with Gasteiger partial charge in [-0.15, -0.1) is 24.0 Å². The fourth-order valence-electron chi connectivity index (χ4n) is 1.74. The number of alkyl halides is 3. The quantitative estimate of drug-likeness (QED) is 0.292. The van der Waals surface area contributed by atoms with Crippen molar-refractivity contribution < 1.29 is 22.6 Å². The summed E-state index contributed by atoms with van der Waals surface area (Å²) in [6.45, 7) is 2.46. The molecular formula is C14H21F3IN3O2. The summed E-state index contributed by atoms with van der Waals surface area (Å²) in [4.78, 5) is 3.97. The number of aliphatic imine (C=N–C) groups is 1. The van der Waals surface area contributed by atoms with Crippen molar-refractivity contribution in [2.75, 3.05) is 26.9 Å². The van der Waals surface area contributed by atoms with Crippen LogP contribution in [0.15, 0.2) is 29.3 Å². The molecule has 0 aliphatic rings. The van der Waals surface area contributed by atoms with Crippen LogP contribution in [0.1, 0.15) is 12.5 Å². The Morgan fingerprint density at radius 2 is 2.00 bits per heavy atom. The van der Waals surface area contributed by atoms with E-state index in [0.29, 0.717) is 6.61 Å². The van der Waals surface area contributed by atoms with E-state index < -0.39 is 11.7 Å². The number of guanidine groups is 1. The van der Waals surface area contributed by atoms with Crippen LogP contribution < -0.4 is 15.8 Å². The minimum atomic E-state index is -4.45. The lowest BCUT2D eigenvalue weighted by Crippen LogP contribution is -2.40. The van der Waals surface area contributed by atoms with Gasteiger partial charge in [0.1, 0.15) is 12.4 Å². The van der Waals surface area contributed by atoms with Crippen molar-refractivity contribution in [3.8, 4) is 5.75 Å². The topological polar surface area (TPSA) is 68.9 Å². The zero-order chi connectivity index (χ0) is 16.6. The highest BCUT2D eigenvalue weighted by molar-refractivity contribution is 14.0. The van der Waals surface area contributed by atoms with Gasteiger partial charge in [0.05, 0.1) is 18.7 Å². The molecule has 3 N–H and O–H groups in total. The standard InChI is InChI=1S/C14H20F3N3O2.HI/c1-10(9-21-2)20-13(18)19-7-8-22-12-6-4-3-5-11(12)14(15,16)17;/h3-6,10H,7-9H2,1-2H3,(H3,18,19,20);1H. The van der Waals surface area contributed by atoms with Gasteiger partial charge in [-0.25, -0.2) is 4.99 Å². The Morgan fingerprint density at radius 1 is 1.35 bits per heavy atom. The van der Waals surface area contributed by atoms with Gasteiger partial charge in [0.25, 0.3) is 0 Å². The summed E-state index contributed by atoms with van der Waals surface area (Å²) in [6.07, 6.45) is -4.45. The van der Waals surface area contributed by atoms with Crippen molar-refractivity contribution in [1.29, 1.82) is 0 Å². The van der Waals surface area contributed by atoms with Gasteiger partial charge in [0.15, 0.2) is 5.96 Å². The van der Waals surface area contributed by atoms with E-state index in [0.717, 1.165) is 6.07 Å². The molecule has 1 aromatic carbocycles. The van der Waals surface area contributed by atoms with Gasteiger partial charge in [-0.2, -0.15) is 13.2 Å². The average molecular weight is 447 g/mol. The summed E-state index contributed by atoms with van der Waals surface area (Å²) in [5.41, 5.74) is 4.82. The van der Waals surface area contributed by atoms with Crippen LogP contribution in [0.4, 0.5) is 13.2 Å². The molecule has 0 amide bonds. The largest absolute Gasteiger partial charge is 0.491 e. The van der Waals surface area contributed by atoms with Crippen LogP contribution in [0.3, 0.4) is 0 Å². The zero-order valence-corrected chi connectivity index (χ0v) is 15.2. The van der Waals surface area contributed by atoms with Crippen molar-refractivity contribution in [1.82, 2.24) is 5.32 Å². The van der Waals surface area contributed by atoms with E-state index >= 15 is 0 Å². The van der Waals surface area contributed by atoms with Gasteiger partial charge in [-0.3, -0.25) is 0 Å². The number of nitrogens with zero attached hydrogens (tertiary/aromatic N) is 1. The molecule has 0 aliphatic carbocycles. The fourth-order valence-corrected chi connectivity index (χ4v) is 1.74. The van der Waals surface area contributed by atoms with Crippen LogP contribution in [0.5, 0.6) is 5.75 Å². The SMILES string of the molecule is COCC(C)NC(N)=NCCOc1ccccc1C(F)(F)F.I. The van der Waals surface area contributed by atoms with Gasteiger partial charge >= 0.3 is 6.18 Å². The first-order chi connectivity index (χ1) is 10.3. The molecule has 132 valence electrons. The molecule has 0 saturated carbocycles. The monoisotopic (exact) mass is 447 g/mol. The van der Waals surface area contributed by atoms with E-state index in [1.165, 1.54) is 18.2 Å². The number of methoxy groups -OCH3 is 1. The third-order valence-corrected chi connectivity index (χ3v) is 2.63. The maximum atomic E-state index is 12.8. The Balaban J connectivity index is 0.00000484. The first kappa shape index (κ1) is 21.8. The maximum absolute atomic E-state index is 12.8. The van der Waals surface area contributed by atoms with E-state index in [2.05, 4.69) is 10.3 Å². The van der Waals surface area contributed by atoms with E-state index in [1.807, 2.05) is 6.92 Å². The Bertz CT molecular complexity index is 498. The predicted molar refractivity (Wildman–Crippen MR) is 93.3 cm³/mol. The number of hydrogen-bond acceptors (Lipinski definition) is 3. The first-order valence-corrected chi connectivity index (χ1v) is 6.69. The lowest BCUT2D eigenvalue weighted by Gasteiger charge is -2.14. The number of benzene rings is 1. The number of ether oxygens (including phenoxy) is 2. The second kappa shape index (κ2) is 10.5. The summed E-state index contributed by atoms with van der Waals surface area (Å²) in [5, 5.41) is 2.88. The zero-order valence-electron chi connectivity index (χ0n) is 12.9. The van der Waals surface area contributed by atoms with Crippen molar-refractivity contribution in [3.05, 3.63) is 29.8 Å². The molecule has 0 spiro atoms. The fraction of sp³-hybridized carbons (Fsp3) is 0.500. The van der Waals surface area contributed by atoms with Crippen LogP contribution in [0.25, 0.3) is 0 Å². The minimum Gasteiger partial charge on any atom is -0.491 e. The Hall–Kier alpha value is -1.23. The molecule has 1 atom stereocenters. The molecule has 0 bridgehead atoms. The third kappa shape index (κ3) is 8.26. The molecule has 5 nitrogen and oxygen atoms in total.